The van der Waals surface area contributed by atoms with Gasteiger partial charge in [-0.1, -0.05) is 17.7 Å². The van der Waals surface area contributed by atoms with Gasteiger partial charge in [-0.25, -0.2) is 8.78 Å². The minimum atomic E-state index is -0.643. The molecule has 0 aromatic heterocycles. The Kier molecular flexibility index (Phi) is 6.20. The van der Waals surface area contributed by atoms with E-state index in [2.05, 4.69) is 5.32 Å². The zero-order chi connectivity index (χ0) is 18.6. The molecule has 1 atom stereocenters. The highest BCUT2D eigenvalue weighted by atomic mass is 35.5. The third kappa shape index (κ3) is 4.39. The van der Waals surface area contributed by atoms with E-state index < -0.39 is 23.6 Å². The summed E-state index contributed by atoms with van der Waals surface area (Å²) in [5.74, 6) is -1.09. The molecule has 134 valence electrons. The summed E-state index contributed by atoms with van der Waals surface area (Å²) >= 11 is 6.08. The van der Waals surface area contributed by atoms with Gasteiger partial charge in [-0.15, -0.1) is 0 Å². The van der Waals surface area contributed by atoms with Crippen LogP contribution in [0.3, 0.4) is 0 Å². The summed E-state index contributed by atoms with van der Waals surface area (Å²) in [6.07, 6.45) is 0.0191. The van der Waals surface area contributed by atoms with Crippen LogP contribution in [0.15, 0.2) is 30.3 Å². The Balaban J connectivity index is 2.15. The number of methoxy groups -OCH3 is 2. The summed E-state index contributed by atoms with van der Waals surface area (Å²) in [7, 11) is 2.87. The number of ether oxygens (including phenoxy) is 2. The predicted octanol–water partition coefficient (Wildman–Crippen LogP) is 4.00. The van der Waals surface area contributed by atoms with Crippen molar-refractivity contribution >= 4 is 17.5 Å². The molecule has 1 N–H and O–H groups in total. The van der Waals surface area contributed by atoms with E-state index in [9.17, 15) is 13.6 Å². The van der Waals surface area contributed by atoms with Crippen LogP contribution in [0.2, 0.25) is 5.02 Å². The Morgan fingerprint density at radius 1 is 1.20 bits per heavy atom. The fourth-order valence-electron chi connectivity index (χ4n) is 2.44. The second kappa shape index (κ2) is 8.16. The molecule has 0 spiro atoms. The van der Waals surface area contributed by atoms with Crippen LogP contribution >= 0.6 is 11.6 Å². The number of hydrogen-bond acceptors (Lipinski definition) is 3. The zero-order valence-electron chi connectivity index (χ0n) is 14.0. The molecule has 2 aromatic carbocycles. The monoisotopic (exact) mass is 369 g/mol. The number of benzene rings is 2. The summed E-state index contributed by atoms with van der Waals surface area (Å²) in [5.41, 5.74) is 0.184. The van der Waals surface area contributed by atoms with Crippen molar-refractivity contribution in [2.24, 2.45) is 0 Å². The van der Waals surface area contributed by atoms with E-state index in [1.165, 1.54) is 44.6 Å². The van der Waals surface area contributed by atoms with E-state index in [-0.39, 0.29) is 22.6 Å². The lowest BCUT2D eigenvalue weighted by Crippen LogP contribution is -2.34. The van der Waals surface area contributed by atoms with Crippen molar-refractivity contribution in [2.75, 3.05) is 14.2 Å². The van der Waals surface area contributed by atoms with Gasteiger partial charge in [0.1, 0.15) is 11.6 Å². The molecule has 0 saturated carbocycles. The summed E-state index contributed by atoms with van der Waals surface area (Å²) < 4.78 is 37.7. The Bertz CT molecular complexity index is 763. The highest BCUT2D eigenvalue weighted by Crippen LogP contribution is 2.36. The van der Waals surface area contributed by atoms with Crippen LogP contribution in [0.4, 0.5) is 8.78 Å². The Morgan fingerprint density at radius 3 is 2.40 bits per heavy atom. The third-order valence-corrected chi connectivity index (χ3v) is 3.93. The standard InChI is InChI=1S/C18H18ClF2NO3/c1-10(7-12-14(20)5-4-6-15(12)21)22-18(23)11-8-13(19)17(25-3)16(9-11)24-2/h4-6,8-10H,7H2,1-3H3,(H,22,23). The van der Waals surface area contributed by atoms with E-state index in [0.29, 0.717) is 11.5 Å². The Labute approximate surface area is 149 Å². The van der Waals surface area contributed by atoms with Gasteiger partial charge in [0.15, 0.2) is 11.5 Å². The number of carbonyl (C=O) groups excluding carboxylic acids is 1. The maximum atomic E-state index is 13.7. The molecule has 2 aromatic rings. The first-order chi connectivity index (χ1) is 11.9. The number of carbonyl (C=O) groups is 1. The summed E-state index contributed by atoms with van der Waals surface area (Å²) in [6.45, 7) is 1.66. The average Bonchev–Trinajstić information content (AvgIpc) is 2.57. The van der Waals surface area contributed by atoms with Crippen molar-refractivity contribution in [3.05, 3.63) is 58.1 Å². The molecule has 0 radical (unpaired) electrons. The zero-order valence-corrected chi connectivity index (χ0v) is 14.8. The van der Waals surface area contributed by atoms with Crippen molar-refractivity contribution in [2.45, 2.75) is 19.4 Å². The lowest BCUT2D eigenvalue weighted by atomic mass is 10.1. The smallest absolute Gasteiger partial charge is 0.251 e. The molecule has 0 aliphatic heterocycles. The topological polar surface area (TPSA) is 47.6 Å². The Morgan fingerprint density at radius 2 is 1.84 bits per heavy atom. The van der Waals surface area contributed by atoms with E-state index in [1.807, 2.05) is 0 Å². The summed E-state index contributed by atoms with van der Waals surface area (Å²) in [4.78, 5) is 12.4. The number of hydrogen-bond donors (Lipinski definition) is 1. The number of rotatable bonds is 6. The minimum absolute atomic E-state index is 0.0191. The molecular formula is C18H18ClF2NO3. The van der Waals surface area contributed by atoms with Crippen LogP contribution in [0.25, 0.3) is 0 Å². The van der Waals surface area contributed by atoms with E-state index >= 15 is 0 Å². The molecule has 0 heterocycles. The van der Waals surface area contributed by atoms with Crippen LogP contribution in [0.5, 0.6) is 11.5 Å². The van der Waals surface area contributed by atoms with Gasteiger partial charge in [-0.05, 0) is 37.6 Å². The van der Waals surface area contributed by atoms with Crippen molar-refractivity contribution in [3.8, 4) is 11.5 Å². The van der Waals surface area contributed by atoms with Crippen molar-refractivity contribution in [3.63, 3.8) is 0 Å². The lowest BCUT2D eigenvalue weighted by Gasteiger charge is -2.16. The average molecular weight is 370 g/mol. The van der Waals surface area contributed by atoms with Crippen LogP contribution in [0.1, 0.15) is 22.8 Å². The SMILES string of the molecule is COc1cc(C(=O)NC(C)Cc2c(F)cccc2F)cc(Cl)c1OC. The van der Waals surface area contributed by atoms with E-state index in [4.69, 9.17) is 21.1 Å². The maximum Gasteiger partial charge on any atom is 0.251 e. The molecular weight excluding hydrogens is 352 g/mol. The van der Waals surface area contributed by atoms with Gasteiger partial charge < -0.3 is 14.8 Å². The highest BCUT2D eigenvalue weighted by molar-refractivity contribution is 6.32. The predicted molar refractivity (Wildman–Crippen MR) is 91.5 cm³/mol. The number of nitrogens with one attached hydrogen (secondary N) is 1. The third-order valence-electron chi connectivity index (χ3n) is 3.65. The molecule has 0 saturated heterocycles. The quantitative estimate of drug-likeness (QED) is 0.837. The summed E-state index contributed by atoms with van der Waals surface area (Å²) in [5, 5.41) is 2.91. The van der Waals surface area contributed by atoms with E-state index in [0.717, 1.165) is 0 Å². The second-order valence-corrected chi connectivity index (χ2v) is 5.88. The van der Waals surface area contributed by atoms with Crippen LogP contribution < -0.4 is 14.8 Å². The van der Waals surface area contributed by atoms with Crippen LogP contribution in [-0.2, 0) is 6.42 Å². The molecule has 4 nitrogen and oxygen atoms in total. The van der Waals surface area contributed by atoms with Gasteiger partial charge in [-0.3, -0.25) is 4.79 Å². The Hall–Kier alpha value is -2.34. The molecule has 2 rings (SSSR count). The molecule has 1 amide bonds. The first kappa shape index (κ1) is 19.0. The second-order valence-electron chi connectivity index (χ2n) is 5.47. The molecule has 0 fully saturated rings. The van der Waals surface area contributed by atoms with Crippen LogP contribution in [-0.4, -0.2) is 26.2 Å². The molecule has 0 aliphatic carbocycles. The normalized spacial score (nSPS) is 11.8. The lowest BCUT2D eigenvalue weighted by molar-refractivity contribution is 0.0939. The molecule has 25 heavy (non-hydrogen) atoms. The van der Waals surface area contributed by atoms with Gasteiger partial charge in [0.25, 0.3) is 5.91 Å². The van der Waals surface area contributed by atoms with Gasteiger partial charge in [0.2, 0.25) is 0 Å². The fraction of sp³-hybridized carbons (Fsp3) is 0.278. The van der Waals surface area contributed by atoms with Crippen LogP contribution in [0, 0.1) is 11.6 Å². The van der Waals surface area contributed by atoms with Gasteiger partial charge >= 0.3 is 0 Å². The number of halogens is 3. The highest BCUT2D eigenvalue weighted by Gasteiger charge is 2.18. The molecule has 0 aliphatic rings. The number of amides is 1. The largest absolute Gasteiger partial charge is 0.493 e. The van der Waals surface area contributed by atoms with E-state index in [1.54, 1.807) is 6.92 Å². The van der Waals surface area contributed by atoms with Gasteiger partial charge in [-0.2, -0.15) is 0 Å². The molecule has 0 bridgehead atoms. The van der Waals surface area contributed by atoms with Crippen molar-refractivity contribution in [1.82, 2.24) is 5.32 Å². The maximum absolute atomic E-state index is 13.7. The molecule has 1 unspecified atom stereocenters. The molecule has 7 heteroatoms. The first-order valence-corrected chi connectivity index (χ1v) is 7.90. The van der Waals surface area contributed by atoms with Crippen molar-refractivity contribution < 1.29 is 23.0 Å². The van der Waals surface area contributed by atoms with Gasteiger partial charge in [0.05, 0.1) is 19.2 Å². The van der Waals surface area contributed by atoms with Crippen molar-refractivity contribution in [1.29, 1.82) is 0 Å². The van der Waals surface area contributed by atoms with Gasteiger partial charge in [0, 0.05) is 17.2 Å². The fourth-order valence-corrected chi connectivity index (χ4v) is 2.73. The summed E-state index contributed by atoms with van der Waals surface area (Å²) in [6, 6.07) is 6.08. The first-order valence-electron chi connectivity index (χ1n) is 7.52. The minimum Gasteiger partial charge on any atom is -0.493 e.